The average Bonchev–Trinajstić information content (AvgIpc) is 2.73. The van der Waals surface area contributed by atoms with Crippen molar-refractivity contribution >= 4 is 23.8 Å². The van der Waals surface area contributed by atoms with E-state index in [1.54, 1.807) is 36.7 Å². The van der Waals surface area contributed by atoms with Gasteiger partial charge in [-0.15, -0.1) is 0 Å². The Bertz CT molecular complexity index is 649. The van der Waals surface area contributed by atoms with Gasteiger partial charge in [0, 0.05) is 10.6 Å². The van der Waals surface area contributed by atoms with Crippen LogP contribution in [0.15, 0.2) is 42.2 Å². The van der Waals surface area contributed by atoms with Crippen LogP contribution in [0.25, 0.3) is 0 Å². The summed E-state index contributed by atoms with van der Waals surface area (Å²) < 4.78 is 7.03. The Kier molecular flexibility index (Phi) is 4.42. The van der Waals surface area contributed by atoms with Gasteiger partial charge >= 0.3 is 0 Å². The van der Waals surface area contributed by atoms with E-state index in [-0.39, 0.29) is 0 Å². The molecule has 0 atom stereocenters. The SMILES string of the molecule is C=CCOc1ccc(Cl)cc1C=Nn1cc(C)nc1N. The number of aromatic nitrogens is 2. The Hall–Kier alpha value is -2.27. The van der Waals surface area contributed by atoms with Crippen LogP contribution in [0.4, 0.5) is 5.95 Å². The first kappa shape index (κ1) is 14.1. The van der Waals surface area contributed by atoms with Crippen LogP contribution in [0.1, 0.15) is 11.3 Å². The number of halogens is 1. The molecule has 0 fully saturated rings. The molecule has 0 aliphatic carbocycles. The summed E-state index contributed by atoms with van der Waals surface area (Å²) >= 11 is 5.99. The molecule has 5 nitrogen and oxygen atoms in total. The summed E-state index contributed by atoms with van der Waals surface area (Å²) in [4.78, 5) is 4.07. The minimum absolute atomic E-state index is 0.328. The maximum absolute atomic E-state index is 5.99. The lowest BCUT2D eigenvalue weighted by Gasteiger charge is -2.07. The highest BCUT2D eigenvalue weighted by molar-refractivity contribution is 6.30. The standard InChI is InChI=1S/C14H15ClN4O/c1-3-6-20-13-5-4-12(15)7-11(13)8-17-19-9-10(2)18-14(19)16/h3-5,7-9H,1,6H2,2H3,(H2,16,18). The zero-order chi connectivity index (χ0) is 14.5. The fourth-order valence-electron chi connectivity index (χ4n) is 1.62. The van der Waals surface area contributed by atoms with E-state index in [0.717, 1.165) is 11.3 Å². The number of hydrogen-bond acceptors (Lipinski definition) is 4. The summed E-state index contributed by atoms with van der Waals surface area (Å²) in [5.41, 5.74) is 7.28. The van der Waals surface area contributed by atoms with Crippen LogP contribution in [-0.4, -0.2) is 22.5 Å². The molecule has 0 saturated carbocycles. The van der Waals surface area contributed by atoms with Gasteiger partial charge in [-0.1, -0.05) is 24.3 Å². The molecular weight excluding hydrogens is 276 g/mol. The number of hydrogen-bond donors (Lipinski definition) is 1. The van der Waals surface area contributed by atoms with Crippen molar-refractivity contribution in [3.8, 4) is 5.75 Å². The van der Waals surface area contributed by atoms with Crippen molar-refractivity contribution in [2.24, 2.45) is 5.10 Å². The Morgan fingerprint density at radius 1 is 1.55 bits per heavy atom. The number of nitrogen functional groups attached to an aromatic ring is 1. The molecule has 1 heterocycles. The molecule has 1 aromatic carbocycles. The summed E-state index contributed by atoms with van der Waals surface area (Å²) in [6.07, 6.45) is 5.04. The predicted octanol–water partition coefficient (Wildman–Crippen LogP) is 2.87. The quantitative estimate of drug-likeness (QED) is 0.680. The predicted molar refractivity (Wildman–Crippen MR) is 81.5 cm³/mol. The molecular formula is C14H15ClN4O. The van der Waals surface area contributed by atoms with Gasteiger partial charge in [0.05, 0.1) is 18.1 Å². The van der Waals surface area contributed by atoms with E-state index in [1.165, 1.54) is 4.68 Å². The maximum atomic E-state index is 5.99. The zero-order valence-corrected chi connectivity index (χ0v) is 11.8. The van der Waals surface area contributed by atoms with Crippen LogP contribution in [-0.2, 0) is 0 Å². The highest BCUT2D eigenvalue weighted by Crippen LogP contribution is 2.21. The first-order chi connectivity index (χ1) is 9.60. The number of ether oxygens (including phenoxy) is 1. The fourth-order valence-corrected chi connectivity index (χ4v) is 1.80. The van der Waals surface area contributed by atoms with Gasteiger partial charge in [0.15, 0.2) is 0 Å². The molecule has 20 heavy (non-hydrogen) atoms. The molecule has 2 N–H and O–H groups in total. The number of nitrogens with zero attached hydrogens (tertiary/aromatic N) is 3. The molecule has 0 saturated heterocycles. The molecule has 2 aromatic rings. The second kappa shape index (κ2) is 6.25. The van der Waals surface area contributed by atoms with Gasteiger partial charge < -0.3 is 10.5 Å². The van der Waals surface area contributed by atoms with Crippen molar-refractivity contribution in [3.05, 3.63) is 53.3 Å². The minimum atomic E-state index is 0.328. The number of aryl methyl sites for hydroxylation is 1. The maximum Gasteiger partial charge on any atom is 0.221 e. The third-order valence-corrected chi connectivity index (χ3v) is 2.72. The lowest BCUT2D eigenvalue weighted by molar-refractivity contribution is 0.362. The number of nitrogens with two attached hydrogens (primary N) is 1. The van der Waals surface area contributed by atoms with Crippen LogP contribution in [0, 0.1) is 6.92 Å². The number of anilines is 1. The van der Waals surface area contributed by atoms with Gasteiger partial charge in [0.2, 0.25) is 5.95 Å². The lowest BCUT2D eigenvalue weighted by atomic mass is 10.2. The zero-order valence-electron chi connectivity index (χ0n) is 11.1. The molecule has 0 aliphatic heterocycles. The summed E-state index contributed by atoms with van der Waals surface area (Å²) in [6.45, 7) is 5.88. The van der Waals surface area contributed by atoms with Gasteiger partial charge in [-0.3, -0.25) is 0 Å². The molecule has 0 unspecified atom stereocenters. The number of rotatable bonds is 5. The molecule has 0 radical (unpaired) electrons. The van der Waals surface area contributed by atoms with Crippen LogP contribution in [0.3, 0.4) is 0 Å². The molecule has 2 rings (SSSR count). The molecule has 0 aliphatic rings. The van der Waals surface area contributed by atoms with E-state index >= 15 is 0 Å². The first-order valence-corrected chi connectivity index (χ1v) is 6.37. The highest BCUT2D eigenvalue weighted by atomic mass is 35.5. The fraction of sp³-hybridized carbons (Fsp3) is 0.143. The van der Waals surface area contributed by atoms with Gasteiger partial charge in [-0.25, -0.2) is 9.66 Å². The van der Waals surface area contributed by atoms with E-state index in [0.29, 0.717) is 23.3 Å². The van der Waals surface area contributed by atoms with E-state index in [2.05, 4.69) is 16.7 Å². The van der Waals surface area contributed by atoms with Crippen LogP contribution in [0.2, 0.25) is 5.02 Å². The van der Waals surface area contributed by atoms with E-state index in [4.69, 9.17) is 22.1 Å². The molecule has 1 aromatic heterocycles. The third kappa shape index (κ3) is 3.39. The second-order valence-corrected chi connectivity index (χ2v) is 4.55. The second-order valence-electron chi connectivity index (χ2n) is 4.11. The van der Waals surface area contributed by atoms with Crippen molar-refractivity contribution < 1.29 is 4.74 Å². The lowest BCUT2D eigenvalue weighted by Crippen LogP contribution is -1.99. The van der Waals surface area contributed by atoms with Gasteiger partial charge in [0.25, 0.3) is 0 Å². The van der Waals surface area contributed by atoms with Crippen molar-refractivity contribution in [2.45, 2.75) is 6.92 Å². The molecule has 0 amide bonds. The van der Waals surface area contributed by atoms with E-state index < -0.39 is 0 Å². The van der Waals surface area contributed by atoms with Crippen molar-refractivity contribution in [3.63, 3.8) is 0 Å². The molecule has 6 heteroatoms. The van der Waals surface area contributed by atoms with Crippen LogP contribution >= 0.6 is 11.6 Å². The number of imidazole rings is 1. The monoisotopic (exact) mass is 290 g/mol. The van der Waals surface area contributed by atoms with Crippen molar-refractivity contribution in [1.29, 1.82) is 0 Å². The van der Waals surface area contributed by atoms with Crippen molar-refractivity contribution in [2.75, 3.05) is 12.3 Å². The topological polar surface area (TPSA) is 65.4 Å². The summed E-state index contributed by atoms with van der Waals surface area (Å²) in [6, 6.07) is 5.31. The highest BCUT2D eigenvalue weighted by Gasteiger charge is 2.03. The minimum Gasteiger partial charge on any atom is -0.489 e. The summed E-state index contributed by atoms with van der Waals surface area (Å²) in [5, 5.41) is 4.85. The summed E-state index contributed by atoms with van der Waals surface area (Å²) in [7, 11) is 0. The van der Waals surface area contributed by atoms with Crippen molar-refractivity contribution in [1.82, 2.24) is 9.66 Å². The van der Waals surface area contributed by atoms with Gasteiger partial charge in [-0.2, -0.15) is 5.10 Å². The number of benzene rings is 1. The van der Waals surface area contributed by atoms with Crippen LogP contribution < -0.4 is 10.5 Å². The van der Waals surface area contributed by atoms with Gasteiger partial charge in [0.1, 0.15) is 12.4 Å². The van der Waals surface area contributed by atoms with Gasteiger partial charge in [-0.05, 0) is 25.1 Å². The summed E-state index contributed by atoms with van der Waals surface area (Å²) in [5.74, 6) is 1.00. The Morgan fingerprint density at radius 2 is 2.35 bits per heavy atom. The Labute approximate surface area is 122 Å². The molecule has 0 bridgehead atoms. The molecule has 0 spiro atoms. The smallest absolute Gasteiger partial charge is 0.221 e. The molecule has 104 valence electrons. The average molecular weight is 291 g/mol. The first-order valence-electron chi connectivity index (χ1n) is 5.99. The normalized spacial score (nSPS) is 10.9. The third-order valence-electron chi connectivity index (χ3n) is 2.48. The largest absolute Gasteiger partial charge is 0.489 e. The Morgan fingerprint density at radius 3 is 3.00 bits per heavy atom. The van der Waals surface area contributed by atoms with E-state index in [9.17, 15) is 0 Å². The van der Waals surface area contributed by atoms with E-state index in [1.807, 2.05) is 6.92 Å². The van der Waals surface area contributed by atoms with Crippen LogP contribution in [0.5, 0.6) is 5.75 Å². The Balaban J connectivity index is 2.29.